The van der Waals surface area contributed by atoms with Gasteiger partial charge in [0.25, 0.3) is 5.56 Å². The van der Waals surface area contributed by atoms with Crippen molar-refractivity contribution in [3.8, 4) is 5.69 Å². The first-order valence-corrected chi connectivity index (χ1v) is 11.9. The average Bonchev–Trinajstić information content (AvgIpc) is 3.28. The van der Waals surface area contributed by atoms with Crippen molar-refractivity contribution in [1.29, 1.82) is 0 Å². The van der Waals surface area contributed by atoms with E-state index in [2.05, 4.69) is 32.1 Å². The highest BCUT2D eigenvalue weighted by Gasteiger charge is 2.22. The number of nitrogens with zero attached hydrogens (tertiary/aromatic N) is 5. The van der Waals surface area contributed by atoms with Crippen molar-refractivity contribution < 1.29 is 4.79 Å². The van der Waals surface area contributed by atoms with E-state index in [1.54, 1.807) is 16.8 Å². The van der Waals surface area contributed by atoms with Crippen LogP contribution < -0.4 is 10.5 Å². The summed E-state index contributed by atoms with van der Waals surface area (Å²) in [5.41, 5.74) is 2.01. The van der Waals surface area contributed by atoms with Crippen molar-refractivity contribution in [3.63, 3.8) is 0 Å². The summed E-state index contributed by atoms with van der Waals surface area (Å²) >= 11 is 7.32. The number of fused-ring (bicyclic) bond motifs is 1. The van der Waals surface area contributed by atoms with E-state index in [0.29, 0.717) is 40.0 Å². The molecule has 5 rings (SSSR count). The minimum absolute atomic E-state index is 0.0267. The van der Waals surface area contributed by atoms with Gasteiger partial charge in [-0.1, -0.05) is 47.6 Å². The van der Waals surface area contributed by atoms with Crippen LogP contribution in [0.4, 0.5) is 5.69 Å². The molecule has 0 saturated carbocycles. The lowest BCUT2D eigenvalue weighted by Crippen LogP contribution is -2.49. The van der Waals surface area contributed by atoms with Crippen molar-refractivity contribution in [2.45, 2.75) is 5.16 Å². The first-order chi connectivity index (χ1) is 16.1. The van der Waals surface area contributed by atoms with E-state index < -0.39 is 0 Å². The van der Waals surface area contributed by atoms with Crippen LogP contribution >= 0.6 is 23.4 Å². The second kappa shape index (κ2) is 9.29. The molecule has 2 aromatic carbocycles. The molecule has 10 heteroatoms. The average molecular weight is 481 g/mol. The topological polar surface area (TPSA) is 87.1 Å². The Morgan fingerprint density at radius 3 is 2.55 bits per heavy atom. The summed E-state index contributed by atoms with van der Waals surface area (Å²) in [6, 6.07) is 17.4. The number of hydrogen-bond acceptors (Lipinski definition) is 6. The van der Waals surface area contributed by atoms with Gasteiger partial charge in [-0.15, -0.1) is 0 Å². The lowest BCUT2D eigenvalue weighted by Gasteiger charge is -2.36. The van der Waals surface area contributed by atoms with Crippen LogP contribution in [0.15, 0.2) is 70.7 Å². The number of thioether (sulfide) groups is 1. The summed E-state index contributed by atoms with van der Waals surface area (Å²) in [6.45, 7) is 2.91. The monoisotopic (exact) mass is 480 g/mol. The molecule has 1 N–H and O–H groups in total. The van der Waals surface area contributed by atoms with Gasteiger partial charge in [-0.2, -0.15) is 5.10 Å². The molecule has 0 aliphatic carbocycles. The first-order valence-electron chi connectivity index (χ1n) is 10.5. The zero-order valence-electron chi connectivity index (χ0n) is 17.6. The van der Waals surface area contributed by atoms with E-state index in [4.69, 9.17) is 11.6 Å². The summed E-state index contributed by atoms with van der Waals surface area (Å²) in [5, 5.41) is 5.62. The number of benzene rings is 2. The van der Waals surface area contributed by atoms with Crippen LogP contribution in [0.2, 0.25) is 5.02 Å². The van der Waals surface area contributed by atoms with Gasteiger partial charge >= 0.3 is 0 Å². The number of aromatic nitrogens is 4. The molecule has 0 atom stereocenters. The van der Waals surface area contributed by atoms with Gasteiger partial charge in [0.05, 0.1) is 17.6 Å². The maximum Gasteiger partial charge on any atom is 0.262 e. The summed E-state index contributed by atoms with van der Waals surface area (Å²) in [5.74, 6) is 0.226. The van der Waals surface area contributed by atoms with Gasteiger partial charge in [0.1, 0.15) is 5.39 Å². The van der Waals surface area contributed by atoms with Crippen LogP contribution in [-0.2, 0) is 4.79 Å². The highest BCUT2D eigenvalue weighted by atomic mass is 35.5. The first kappa shape index (κ1) is 21.5. The van der Waals surface area contributed by atoms with Crippen molar-refractivity contribution in [3.05, 3.63) is 76.2 Å². The van der Waals surface area contributed by atoms with E-state index in [1.165, 1.54) is 23.6 Å². The van der Waals surface area contributed by atoms with Gasteiger partial charge in [0.15, 0.2) is 10.8 Å². The van der Waals surface area contributed by atoms with Crippen LogP contribution in [0.3, 0.4) is 0 Å². The fourth-order valence-corrected chi connectivity index (χ4v) is 4.78. The Bertz CT molecular complexity index is 1350. The molecule has 3 heterocycles. The smallest absolute Gasteiger partial charge is 0.262 e. The van der Waals surface area contributed by atoms with E-state index >= 15 is 0 Å². The highest BCUT2D eigenvalue weighted by molar-refractivity contribution is 7.99. The minimum Gasteiger partial charge on any atom is -0.368 e. The lowest BCUT2D eigenvalue weighted by atomic mass is 10.2. The molecule has 0 radical (unpaired) electrons. The third-order valence-corrected chi connectivity index (χ3v) is 6.65. The molecule has 1 amide bonds. The van der Waals surface area contributed by atoms with Gasteiger partial charge in [0, 0.05) is 36.9 Å². The highest BCUT2D eigenvalue weighted by Crippen LogP contribution is 2.21. The number of amides is 1. The Kier molecular flexibility index (Phi) is 6.06. The molecule has 1 saturated heterocycles. The largest absolute Gasteiger partial charge is 0.368 e. The van der Waals surface area contributed by atoms with E-state index in [0.717, 1.165) is 13.1 Å². The maximum atomic E-state index is 12.8. The van der Waals surface area contributed by atoms with Crippen LogP contribution in [0.5, 0.6) is 0 Å². The van der Waals surface area contributed by atoms with Gasteiger partial charge in [-0.25, -0.2) is 9.67 Å². The predicted molar refractivity (Wildman–Crippen MR) is 130 cm³/mol. The van der Waals surface area contributed by atoms with E-state index in [-0.39, 0.29) is 17.2 Å². The number of nitrogens with one attached hydrogen (secondary N) is 1. The molecule has 0 unspecified atom stereocenters. The second-order valence-electron chi connectivity index (χ2n) is 7.64. The summed E-state index contributed by atoms with van der Waals surface area (Å²) in [4.78, 5) is 36.8. The van der Waals surface area contributed by atoms with E-state index in [1.807, 2.05) is 35.2 Å². The Morgan fingerprint density at radius 1 is 1.03 bits per heavy atom. The Morgan fingerprint density at radius 2 is 1.79 bits per heavy atom. The van der Waals surface area contributed by atoms with Crippen molar-refractivity contribution >= 4 is 46.0 Å². The molecule has 1 aliphatic heterocycles. The number of para-hydroxylation sites is 1. The minimum atomic E-state index is -0.292. The molecule has 33 heavy (non-hydrogen) atoms. The zero-order valence-corrected chi connectivity index (χ0v) is 19.2. The number of hydrogen-bond donors (Lipinski definition) is 1. The second-order valence-corrected chi connectivity index (χ2v) is 9.04. The van der Waals surface area contributed by atoms with Gasteiger partial charge in [-0.3, -0.25) is 9.59 Å². The van der Waals surface area contributed by atoms with Crippen molar-refractivity contribution in [1.82, 2.24) is 24.6 Å². The number of rotatable bonds is 5. The van der Waals surface area contributed by atoms with Gasteiger partial charge in [-0.05, 0) is 30.3 Å². The number of carbonyl (C=O) groups is 1. The molecule has 0 bridgehead atoms. The maximum absolute atomic E-state index is 12.8. The normalized spacial score (nSPS) is 14.1. The molecule has 168 valence electrons. The summed E-state index contributed by atoms with van der Waals surface area (Å²) < 4.78 is 1.57. The van der Waals surface area contributed by atoms with Crippen LogP contribution in [0.1, 0.15) is 0 Å². The van der Waals surface area contributed by atoms with E-state index in [9.17, 15) is 9.59 Å². The Balaban J connectivity index is 1.26. The van der Waals surface area contributed by atoms with Crippen molar-refractivity contribution in [2.75, 3.05) is 36.8 Å². The Labute approximate surface area is 199 Å². The number of piperazine rings is 1. The van der Waals surface area contributed by atoms with Crippen molar-refractivity contribution in [2.24, 2.45) is 0 Å². The molecule has 4 aromatic rings. The number of halogens is 1. The molecule has 2 aromatic heterocycles. The third-order valence-electron chi connectivity index (χ3n) is 5.56. The number of aromatic amines is 1. The lowest BCUT2D eigenvalue weighted by molar-refractivity contribution is -0.128. The number of anilines is 1. The van der Waals surface area contributed by atoms with Gasteiger partial charge in [0.2, 0.25) is 5.91 Å². The third kappa shape index (κ3) is 4.60. The van der Waals surface area contributed by atoms with Gasteiger partial charge < -0.3 is 14.8 Å². The number of carbonyl (C=O) groups excluding carboxylic acids is 1. The predicted octanol–water partition coefficient (Wildman–Crippen LogP) is 3.20. The fourth-order valence-electron chi connectivity index (χ4n) is 3.84. The van der Waals surface area contributed by atoms with Crippen LogP contribution in [0.25, 0.3) is 16.7 Å². The van der Waals surface area contributed by atoms with Crippen LogP contribution in [0, 0.1) is 0 Å². The number of H-pyrrole nitrogens is 1. The molecule has 1 aliphatic rings. The SMILES string of the molecule is O=C(CSc1nc2c(cnn2-c2cccc(Cl)c2)c(=O)[nH]1)N1CCN(c2ccccc2)CC1. The molecular weight excluding hydrogens is 460 g/mol. The summed E-state index contributed by atoms with van der Waals surface area (Å²) in [6.07, 6.45) is 1.48. The quantitative estimate of drug-likeness (QED) is 0.348. The zero-order chi connectivity index (χ0) is 22.8. The molecular formula is C23H21ClN6O2S. The molecule has 1 fully saturated rings. The standard InChI is InChI=1S/C23H21ClN6O2S/c24-16-5-4-8-18(13-16)30-21-19(14-25-30)22(32)27-23(26-21)33-15-20(31)29-11-9-28(10-12-29)17-6-2-1-3-7-17/h1-8,13-14H,9-12,15H2,(H,26,27,32). The summed E-state index contributed by atoms with van der Waals surface area (Å²) in [7, 11) is 0. The Hall–Kier alpha value is -3.30. The fraction of sp³-hybridized carbons (Fsp3) is 0.217. The van der Waals surface area contributed by atoms with Crippen LogP contribution in [-0.4, -0.2) is 62.5 Å². The molecule has 8 nitrogen and oxygen atoms in total. The molecule has 0 spiro atoms.